The average molecular weight is 381 g/mol. The van der Waals surface area contributed by atoms with Crippen molar-refractivity contribution in [1.82, 2.24) is 9.82 Å². The molecule has 0 aliphatic heterocycles. The third kappa shape index (κ3) is 18.9. The number of nitrogens with zero attached hydrogens (tertiary/aromatic N) is 2. The maximum Gasteiger partial charge on any atom is 0.211 e. The zero-order valence-corrected chi connectivity index (χ0v) is 13.8. The van der Waals surface area contributed by atoms with E-state index < -0.39 is 0 Å². The molecule has 0 atom stereocenters. The van der Waals surface area contributed by atoms with Gasteiger partial charge in [-0.1, -0.05) is 60.7 Å². The van der Waals surface area contributed by atoms with Gasteiger partial charge in [-0.25, -0.2) is 0 Å². The molecule has 0 bridgehead atoms. The molecule has 0 unspecified atom stereocenters. The second-order valence-electron chi connectivity index (χ2n) is 3.28. The van der Waals surface area contributed by atoms with Crippen LogP contribution in [-0.4, -0.2) is 12.6 Å². The lowest BCUT2D eigenvalue weighted by Gasteiger charge is -1.81. The summed E-state index contributed by atoms with van der Waals surface area (Å²) < 4.78 is 0. The highest BCUT2D eigenvalue weighted by atomic mass is 79.9. The third-order valence-corrected chi connectivity index (χ3v) is 1.87. The molecule has 23 heavy (non-hydrogen) atoms. The maximum absolute atomic E-state index is 10.0. The van der Waals surface area contributed by atoms with Gasteiger partial charge in [0.15, 0.2) is 0 Å². The normalized spacial score (nSPS) is 6.61. The molecule has 0 fully saturated rings. The van der Waals surface area contributed by atoms with Gasteiger partial charge < -0.3 is 0 Å². The van der Waals surface area contributed by atoms with E-state index in [1.165, 1.54) is 0 Å². The van der Waals surface area contributed by atoms with Gasteiger partial charge in [0.25, 0.3) is 0 Å². The van der Waals surface area contributed by atoms with Gasteiger partial charge in [0.2, 0.25) is 9.82 Å². The molecule has 8 nitrogen and oxygen atoms in total. The number of nitrogens with one attached hydrogen (secondary N) is 4. The van der Waals surface area contributed by atoms with Gasteiger partial charge in [-0.3, -0.25) is 9.59 Å². The molecule has 0 saturated heterocycles. The van der Waals surface area contributed by atoms with Crippen molar-refractivity contribution in [2.24, 2.45) is 0 Å². The Hall–Kier alpha value is -3.12. The molecule has 4 N–H and O–H groups in total. The van der Waals surface area contributed by atoms with Gasteiger partial charge in [-0.05, 0) is 0 Å². The Morgan fingerprint density at radius 3 is 0.957 bits per heavy atom. The van der Waals surface area contributed by atoms with Crippen LogP contribution in [-0.2, 0) is 0 Å². The summed E-state index contributed by atoms with van der Waals surface area (Å²) in [7, 11) is 0. The number of carbonyl (C=O) groups is 2. The zero-order valence-electron chi connectivity index (χ0n) is 12.0. The molecule has 120 valence electrons. The number of aldehydes is 2. The fraction of sp³-hybridized carbons (Fsp3) is 0. The first-order valence-corrected chi connectivity index (χ1v) is 5.76. The first-order valence-electron chi connectivity index (χ1n) is 5.76. The fourth-order valence-corrected chi connectivity index (χ4v) is 1.06. The summed E-state index contributed by atoms with van der Waals surface area (Å²) in [6.07, 6.45) is 1.67. The van der Waals surface area contributed by atoms with Crippen LogP contribution in [0.1, 0.15) is 20.7 Å². The minimum atomic E-state index is 0. The van der Waals surface area contributed by atoms with Gasteiger partial charge in [0.1, 0.15) is 34.7 Å². The number of benzene rings is 2. The van der Waals surface area contributed by atoms with Crippen molar-refractivity contribution >= 4 is 29.6 Å². The second-order valence-corrected chi connectivity index (χ2v) is 3.28. The van der Waals surface area contributed by atoms with E-state index in [-0.39, 0.29) is 17.0 Å². The Morgan fingerprint density at radius 2 is 0.826 bits per heavy atom. The van der Waals surface area contributed by atoms with E-state index in [0.717, 1.165) is 23.7 Å². The molecule has 2 aromatic carbocycles. The number of rotatable bonds is 2. The number of hydrogen-bond donors (Lipinski definition) is 4. The Kier molecular flexibility index (Phi) is 22.9. The SMILES string of the molecule is Br.N=[N+]=N.N=[N+]=N.O=Cc1ccccc1.O=Cc1ccccc1. The number of carbonyl (C=O) groups excluding carboxylic acids is 2. The summed E-state index contributed by atoms with van der Waals surface area (Å²) in [5.41, 5.74) is 23.5. The molecule has 0 saturated carbocycles. The number of hydrogen-bond acceptors (Lipinski definition) is 6. The standard InChI is InChI=1S/2C7H6O.BrH.2H2N3/c2*8-6-7-4-2-1-3-5-7;;2*1-3-2/h2*1-6H;1H;2*1-2H/q;;;2*+1. The van der Waals surface area contributed by atoms with E-state index in [2.05, 4.69) is 0 Å². The highest BCUT2D eigenvalue weighted by Crippen LogP contribution is 1.92. The van der Waals surface area contributed by atoms with Gasteiger partial charge >= 0.3 is 0 Å². The largest absolute Gasteiger partial charge is 0.298 e. The van der Waals surface area contributed by atoms with Crippen molar-refractivity contribution in [1.29, 1.82) is 22.1 Å². The predicted molar refractivity (Wildman–Crippen MR) is 89.1 cm³/mol. The Labute approximate surface area is 143 Å². The lowest BCUT2D eigenvalue weighted by atomic mass is 10.2. The molecule has 0 spiro atoms. The molecule has 0 amide bonds. The van der Waals surface area contributed by atoms with Crippen molar-refractivity contribution in [3.05, 3.63) is 71.8 Å². The Bertz CT molecular complexity index is 540. The first kappa shape index (κ1) is 24.9. The van der Waals surface area contributed by atoms with Gasteiger partial charge in [0, 0.05) is 11.1 Å². The molecule has 0 radical (unpaired) electrons. The summed E-state index contributed by atoms with van der Waals surface area (Å²) in [6, 6.07) is 18.2. The lowest BCUT2D eigenvalue weighted by molar-refractivity contribution is 0.111. The third-order valence-electron chi connectivity index (χ3n) is 1.87. The molecular formula is C14H17BrN6O2+2. The highest BCUT2D eigenvalue weighted by Gasteiger charge is 1.80. The van der Waals surface area contributed by atoms with Crippen LogP contribution in [0.4, 0.5) is 0 Å². The van der Waals surface area contributed by atoms with E-state index in [0.29, 0.717) is 0 Å². The van der Waals surface area contributed by atoms with E-state index >= 15 is 0 Å². The summed E-state index contributed by atoms with van der Waals surface area (Å²) in [6.45, 7) is 0. The van der Waals surface area contributed by atoms with Crippen molar-refractivity contribution in [2.45, 2.75) is 0 Å². The van der Waals surface area contributed by atoms with Gasteiger partial charge in [-0.15, -0.1) is 17.0 Å². The molecule has 0 aliphatic carbocycles. The lowest BCUT2D eigenvalue weighted by Crippen LogP contribution is -1.73. The topological polar surface area (TPSA) is 158 Å². The Balaban J connectivity index is -0.000000253. The predicted octanol–water partition coefficient (Wildman–Crippen LogP) is 3.81. The van der Waals surface area contributed by atoms with Gasteiger partial charge in [0.05, 0.1) is 0 Å². The molecule has 0 aromatic heterocycles. The van der Waals surface area contributed by atoms with Crippen LogP contribution in [0, 0.1) is 22.1 Å². The summed E-state index contributed by atoms with van der Waals surface area (Å²) >= 11 is 0. The van der Waals surface area contributed by atoms with E-state index in [9.17, 15) is 9.59 Å². The highest BCUT2D eigenvalue weighted by molar-refractivity contribution is 8.93. The minimum Gasteiger partial charge on any atom is -0.298 e. The molecule has 2 rings (SSSR count). The Morgan fingerprint density at radius 1 is 0.609 bits per heavy atom. The van der Waals surface area contributed by atoms with Crippen LogP contribution in [0.5, 0.6) is 0 Å². The minimum absolute atomic E-state index is 0. The first-order chi connectivity index (χ1) is 10.7. The zero-order chi connectivity index (χ0) is 17.1. The number of halogens is 1. The molecule has 0 aliphatic rings. The van der Waals surface area contributed by atoms with Crippen LogP contribution < -0.4 is 9.82 Å². The monoisotopic (exact) mass is 380 g/mol. The van der Waals surface area contributed by atoms with E-state index in [1.54, 1.807) is 24.3 Å². The molecule has 2 aromatic rings. The van der Waals surface area contributed by atoms with Crippen LogP contribution in [0.3, 0.4) is 0 Å². The van der Waals surface area contributed by atoms with Crippen molar-refractivity contribution in [3.8, 4) is 0 Å². The van der Waals surface area contributed by atoms with Crippen molar-refractivity contribution < 1.29 is 9.59 Å². The summed E-state index contributed by atoms with van der Waals surface area (Å²) in [5, 5.41) is 0. The summed E-state index contributed by atoms with van der Waals surface area (Å²) in [4.78, 5) is 24.0. The molecule has 9 heteroatoms. The second kappa shape index (κ2) is 21.2. The quantitative estimate of drug-likeness (QED) is 0.354. The molecular weight excluding hydrogens is 364 g/mol. The smallest absolute Gasteiger partial charge is 0.211 e. The average Bonchev–Trinajstić information content (AvgIpc) is 2.58. The summed E-state index contributed by atoms with van der Waals surface area (Å²) in [5.74, 6) is 0. The van der Waals surface area contributed by atoms with Crippen LogP contribution in [0.15, 0.2) is 60.7 Å². The van der Waals surface area contributed by atoms with E-state index in [1.807, 2.05) is 46.2 Å². The van der Waals surface area contributed by atoms with E-state index in [4.69, 9.17) is 22.1 Å². The van der Waals surface area contributed by atoms with Gasteiger partial charge in [-0.2, -0.15) is 0 Å². The fourth-order valence-electron chi connectivity index (χ4n) is 1.06. The van der Waals surface area contributed by atoms with Crippen LogP contribution >= 0.6 is 17.0 Å². The van der Waals surface area contributed by atoms with Crippen molar-refractivity contribution in [2.75, 3.05) is 0 Å². The van der Waals surface area contributed by atoms with Crippen molar-refractivity contribution in [3.63, 3.8) is 0 Å². The molecule has 0 heterocycles. The maximum atomic E-state index is 10.0. The van der Waals surface area contributed by atoms with Crippen LogP contribution in [0.25, 0.3) is 0 Å². The van der Waals surface area contributed by atoms with Crippen LogP contribution in [0.2, 0.25) is 0 Å².